The number of halogens is 6. The fraction of sp³-hybridized carbons (Fsp3) is 0.286. The third kappa shape index (κ3) is 5.55. The Kier molecular flexibility index (Phi) is 7.24. The van der Waals surface area contributed by atoms with Crippen molar-refractivity contribution in [3.63, 3.8) is 0 Å². The number of benzene rings is 4. The normalized spacial score (nSPS) is 12.0. The van der Waals surface area contributed by atoms with Crippen LogP contribution in [-0.2, 0) is 6.42 Å². The lowest BCUT2D eigenvalue weighted by atomic mass is 9.95. The van der Waals surface area contributed by atoms with E-state index in [2.05, 4.69) is 17.7 Å². The van der Waals surface area contributed by atoms with E-state index in [0.717, 1.165) is 23.6 Å². The summed E-state index contributed by atoms with van der Waals surface area (Å²) in [6.45, 7) is 2.18. The maximum Gasteiger partial charge on any atom is 0.573 e. The summed E-state index contributed by atoms with van der Waals surface area (Å²) in [6, 6.07) is 13.7. The minimum atomic E-state index is -5.26. The van der Waals surface area contributed by atoms with Gasteiger partial charge in [-0.1, -0.05) is 75.1 Å². The van der Waals surface area contributed by atoms with Gasteiger partial charge < -0.3 is 4.74 Å². The van der Waals surface area contributed by atoms with Crippen LogP contribution in [0.15, 0.2) is 54.6 Å². The number of alkyl halides is 3. The van der Waals surface area contributed by atoms with E-state index in [1.54, 1.807) is 18.2 Å². The molecule has 35 heavy (non-hydrogen) atoms. The van der Waals surface area contributed by atoms with Crippen LogP contribution >= 0.6 is 0 Å². The summed E-state index contributed by atoms with van der Waals surface area (Å²) in [5.74, 6) is -5.43. The van der Waals surface area contributed by atoms with Gasteiger partial charge in [-0.2, -0.15) is 0 Å². The van der Waals surface area contributed by atoms with Gasteiger partial charge in [-0.15, -0.1) is 13.2 Å². The minimum absolute atomic E-state index is 0.128. The first kappa shape index (κ1) is 24.9. The molecule has 4 aromatic carbocycles. The van der Waals surface area contributed by atoms with Gasteiger partial charge in [0.25, 0.3) is 0 Å². The highest BCUT2D eigenvalue weighted by Gasteiger charge is 2.34. The van der Waals surface area contributed by atoms with Crippen molar-refractivity contribution in [1.29, 1.82) is 0 Å². The highest BCUT2D eigenvalue weighted by atomic mass is 19.4. The summed E-state index contributed by atoms with van der Waals surface area (Å²) < 4.78 is 84.4. The average Bonchev–Trinajstić information content (AvgIpc) is 2.80. The Labute approximate surface area is 199 Å². The predicted molar refractivity (Wildman–Crippen MR) is 126 cm³/mol. The van der Waals surface area contributed by atoms with E-state index in [9.17, 15) is 22.0 Å². The number of ether oxygens (including phenoxy) is 1. The van der Waals surface area contributed by atoms with Gasteiger partial charge in [0.15, 0.2) is 11.6 Å². The zero-order valence-corrected chi connectivity index (χ0v) is 19.1. The molecular weight excluding hydrogens is 466 g/mol. The molecule has 184 valence electrons. The van der Waals surface area contributed by atoms with Crippen LogP contribution in [0.25, 0.3) is 32.7 Å². The fourth-order valence-corrected chi connectivity index (χ4v) is 4.40. The molecule has 0 amide bonds. The first-order valence-electron chi connectivity index (χ1n) is 11.6. The van der Waals surface area contributed by atoms with Crippen LogP contribution in [0.4, 0.5) is 26.3 Å². The summed E-state index contributed by atoms with van der Waals surface area (Å²) in [5.41, 5.74) is 0.849. The zero-order valence-electron chi connectivity index (χ0n) is 19.1. The van der Waals surface area contributed by atoms with E-state index < -0.39 is 29.6 Å². The first-order valence-corrected chi connectivity index (χ1v) is 11.6. The predicted octanol–water partition coefficient (Wildman–Crippen LogP) is 9.49. The number of hydrogen-bond acceptors (Lipinski definition) is 1. The van der Waals surface area contributed by atoms with Crippen molar-refractivity contribution in [2.75, 3.05) is 0 Å². The van der Waals surface area contributed by atoms with E-state index >= 15 is 4.39 Å². The third-order valence-corrected chi connectivity index (χ3v) is 6.11. The SMILES string of the molecule is CCCCCCCc1ccc2c(ccc3c(F)c(-c4cc(F)c(OC(F)(F)F)c(F)c4)ccc32)c1. The van der Waals surface area contributed by atoms with E-state index in [-0.39, 0.29) is 16.5 Å². The molecular formula is C28H24F6O. The standard InChI is InChI=1S/C28H24F6O/c1-2-3-4-5-6-7-17-8-10-20-18(14-17)9-11-23-22(20)13-12-21(26(23)31)19-15-24(29)27(25(30)16-19)35-28(32,33)34/h8-16H,2-7H2,1H3. The monoisotopic (exact) mass is 490 g/mol. The summed E-state index contributed by atoms with van der Waals surface area (Å²) in [7, 11) is 0. The molecule has 0 bridgehead atoms. The maximum atomic E-state index is 15.4. The molecule has 7 heteroatoms. The van der Waals surface area contributed by atoms with E-state index in [4.69, 9.17) is 0 Å². The van der Waals surface area contributed by atoms with Crippen LogP contribution in [-0.4, -0.2) is 6.36 Å². The van der Waals surface area contributed by atoms with Gasteiger partial charge in [-0.3, -0.25) is 0 Å². The second-order valence-corrected chi connectivity index (χ2v) is 8.62. The minimum Gasteiger partial charge on any atom is -0.399 e. The number of rotatable bonds is 8. The Hall–Kier alpha value is -3.22. The van der Waals surface area contributed by atoms with E-state index in [1.807, 2.05) is 12.1 Å². The molecule has 0 N–H and O–H groups in total. The number of hydrogen-bond donors (Lipinski definition) is 0. The number of unbranched alkanes of at least 4 members (excludes halogenated alkanes) is 4. The third-order valence-electron chi connectivity index (χ3n) is 6.11. The Morgan fingerprint density at radius 3 is 2.06 bits per heavy atom. The van der Waals surface area contributed by atoms with Crippen LogP contribution in [0.1, 0.15) is 44.6 Å². The summed E-state index contributed by atoms with van der Waals surface area (Å²) in [4.78, 5) is 0. The van der Waals surface area contributed by atoms with E-state index in [0.29, 0.717) is 17.5 Å². The molecule has 0 atom stereocenters. The van der Waals surface area contributed by atoms with Gasteiger partial charge in [0.1, 0.15) is 5.82 Å². The van der Waals surface area contributed by atoms with Gasteiger partial charge in [-0.25, -0.2) is 13.2 Å². The molecule has 1 nitrogen and oxygen atoms in total. The van der Waals surface area contributed by atoms with Gasteiger partial charge >= 0.3 is 6.36 Å². The molecule has 0 heterocycles. The van der Waals surface area contributed by atoms with Gasteiger partial charge in [0.2, 0.25) is 5.75 Å². The highest BCUT2D eigenvalue weighted by molar-refractivity contribution is 6.08. The zero-order chi connectivity index (χ0) is 25.2. The Bertz CT molecular complexity index is 1340. The quantitative estimate of drug-likeness (QED) is 0.136. The molecule has 0 aromatic heterocycles. The molecule has 0 aliphatic carbocycles. The Morgan fingerprint density at radius 1 is 0.714 bits per heavy atom. The summed E-state index contributed by atoms with van der Waals surface area (Å²) >= 11 is 0. The van der Waals surface area contributed by atoms with Gasteiger partial charge in [0.05, 0.1) is 0 Å². The second-order valence-electron chi connectivity index (χ2n) is 8.62. The maximum absolute atomic E-state index is 15.4. The Morgan fingerprint density at radius 2 is 1.37 bits per heavy atom. The lowest BCUT2D eigenvalue weighted by Gasteiger charge is -2.13. The van der Waals surface area contributed by atoms with Crippen molar-refractivity contribution in [2.45, 2.75) is 51.8 Å². The fourth-order valence-electron chi connectivity index (χ4n) is 4.40. The topological polar surface area (TPSA) is 9.23 Å². The van der Waals surface area contributed by atoms with Gasteiger partial charge in [-0.05, 0) is 52.3 Å². The molecule has 0 saturated carbocycles. The van der Waals surface area contributed by atoms with Crippen LogP contribution in [0.5, 0.6) is 5.75 Å². The molecule has 0 fully saturated rings. The second kappa shape index (κ2) is 10.2. The van der Waals surface area contributed by atoms with E-state index in [1.165, 1.54) is 37.3 Å². The smallest absolute Gasteiger partial charge is 0.399 e. The first-order chi connectivity index (χ1) is 16.7. The van der Waals surface area contributed by atoms with Crippen molar-refractivity contribution in [2.24, 2.45) is 0 Å². The van der Waals surface area contributed by atoms with Crippen molar-refractivity contribution < 1.29 is 31.1 Å². The summed E-state index contributed by atoms with van der Waals surface area (Å²) in [5, 5.41) is 2.69. The Balaban J connectivity index is 1.66. The van der Waals surface area contributed by atoms with Crippen molar-refractivity contribution in [3.8, 4) is 16.9 Å². The van der Waals surface area contributed by atoms with Crippen molar-refractivity contribution >= 4 is 21.5 Å². The lowest BCUT2D eigenvalue weighted by Crippen LogP contribution is -2.19. The molecule has 0 aliphatic rings. The highest BCUT2D eigenvalue weighted by Crippen LogP contribution is 2.37. The number of aryl methyl sites for hydroxylation is 1. The van der Waals surface area contributed by atoms with Crippen molar-refractivity contribution in [1.82, 2.24) is 0 Å². The molecule has 4 rings (SSSR count). The molecule has 0 spiro atoms. The van der Waals surface area contributed by atoms with Gasteiger partial charge in [0, 0.05) is 10.9 Å². The molecule has 0 radical (unpaired) electrons. The molecule has 0 unspecified atom stereocenters. The largest absolute Gasteiger partial charge is 0.573 e. The van der Waals surface area contributed by atoms with Crippen LogP contribution < -0.4 is 4.74 Å². The average molecular weight is 490 g/mol. The number of fused-ring (bicyclic) bond motifs is 3. The molecule has 0 saturated heterocycles. The lowest BCUT2D eigenvalue weighted by molar-refractivity contribution is -0.276. The van der Waals surface area contributed by atoms with Crippen molar-refractivity contribution in [3.05, 3.63) is 77.6 Å². The molecule has 4 aromatic rings. The summed E-state index contributed by atoms with van der Waals surface area (Å²) in [6.07, 6.45) is 1.66. The molecule has 0 aliphatic heterocycles. The van der Waals surface area contributed by atoms with Crippen LogP contribution in [0.3, 0.4) is 0 Å². The van der Waals surface area contributed by atoms with Crippen LogP contribution in [0.2, 0.25) is 0 Å². The van der Waals surface area contributed by atoms with Crippen LogP contribution in [0, 0.1) is 17.5 Å².